The molecule has 0 unspecified atom stereocenters. The van der Waals surface area contributed by atoms with Crippen molar-refractivity contribution in [2.24, 2.45) is 5.41 Å². The number of likely N-dealkylation sites (N-methyl/N-ethyl adjacent to an activating group) is 1. The molecule has 0 fully saturated rings. The minimum atomic E-state index is -1.21. The lowest BCUT2D eigenvalue weighted by Gasteiger charge is -2.29. The molecule has 5 nitrogen and oxygen atoms in total. The van der Waals surface area contributed by atoms with Gasteiger partial charge < -0.3 is 10.2 Å². The number of hydrogen-bond acceptors (Lipinski definition) is 3. The lowest BCUT2D eigenvalue weighted by Crippen LogP contribution is -2.46. The minimum absolute atomic E-state index is 0.241. The van der Waals surface area contributed by atoms with Gasteiger partial charge in [0, 0.05) is 26.0 Å². The maximum atomic E-state index is 12.9. The fraction of sp³-hybridized carbons (Fsp3) is 0.381. The van der Waals surface area contributed by atoms with E-state index in [0.29, 0.717) is 23.7 Å². The molecule has 0 atom stereocenters. The number of aryl methyl sites for hydroxylation is 2. The largest absolute Gasteiger partial charge is 0.345 e. The highest BCUT2D eigenvalue weighted by atomic mass is 35.5. The van der Waals surface area contributed by atoms with Crippen LogP contribution in [0.3, 0.4) is 0 Å². The summed E-state index contributed by atoms with van der Waals surface area (Å²) in [6.07, 6.45) is 4.15. The molecule has 1 aromatic carbocycles. The number of amides is 2. The lowest BCUT2D eigenvalue weighted by atomic mass is 9.90. The van der Waals surface area contributed by atoms with Crippen molar-refractivity contribution in [3.05, 3.63) is 58.4 Å². The van der Waals surface area contributed by atoms with Gasteiger partial charge in [-0.1, -0.05) is 17.7 Å². The zero-order chi connectivity index (χ0) is 20.2. The van der Waals surface area contributed by atoms with Crippen LogP contribution in [0.5, 0.6) is 0 Å². The third-order valence-electron chi connectivity index (χ3n) is 4.60. The molecule has 1 heterocycles. The van der Waals surface area contributed by atoms with Crippen LogP contribution < -0.4 is 5.32 Å². The first-order valence-corrected chi connectivity index (χ1v) is 9.23. The summed E-state index contributed by atoms with van der Waals surface area (Å²) < 4.78 is 0. The SMILES string of the molecule is Cc1cc(C)c(NC(=O)C(C)(C)C(=O)N(C)CCc2ccncc2)c(Cl)c1. The summed E-state index contributed by atoms with van der Waals surface area (Å²) in [7, 11) is 1.71. The van der Waals surface area contributed by atoms with Crippen LogP contribution in [0, 0.1) is 19.3 Å². The van der Waals surface area contributed by atoms with Crippen molar-refractivity contribution < 1.29 is 9.59 Å². The first-order valence-electron chi connectivity index (χ1n) is 8.85. The molecule has 0 aliphatic heterocycles. The molecule has 0 radical (unpaired) electrons. The van der Waals surface area contributed by atoms with Gasteiger partial charge in [0.05, 0.1) is 10.7 Å². The number of carbonyl (C=O) groups excluding carboxylic acids is 2. The van der Waals surface area contributed by atoms with Crippen molar-refractivity contribution in [1.82, 2.24) is 9.88 Å². The summed E-state index contributed by atoms with van der Waals surface area (Å²) in [5.74, 6) is -0.618. The van der Waals surface area contributed by atoms with E-state index in [1.165, 1.54) is 0 Å². The van der Waals surface area contributed by atoms with Gasteiger partial charge in [0.2, 0.25) is 11.8 Å². The van der Waals surface area contributed by atoms with Crippen molar-refractivity contribution in [1.29, 1.82) is 0 Å². The van der Waals surface area contributed by atoms with E-state index in [2.05, 4.69) is 10.3 Å². The Kier molecular flexibility index (Phi) is 6.60. The Balaban J connectivity index is 2.07. The number of hydrogen-bond donors (Lipinski definition) is 1. The zero-order valence-corrected chi connectivity index (χ0v) is 17.2. The Morgan fingerprint density at radius 2 is 1.81 bits per heavy atom. The van der Waals surface area contributed by atoms with Crippen LogP contribution in [0.1, 0.15) is 30.5 Å². The lowest BCUT2D eigenvalue weighted by molar-refractivity contribution is -0.145. The fourth-order valence-corrected chi connectivity index (χ4v) is 3.23. The van der Waals surface area contributed by atoms with Crippen molar-refractivity contribution in [2.75, 3.05) is 18.9 Å². The van der Waals surface area contributed by atoms with Crippen LogP contribution in [0.25, 0.3) is 0 Å². The molecule has 1 aromatic heterocycles. The molecule has 2 aromatic rings. The first-order chi connectivity index (χ1) is 12.6. The second kappa shape index (κ2) is 8.53. The Hall–Kier alpha value is -2.40. The van der Waals surface area contributed by atoms with Crippen LogP contribution in [-0.2, 0) is 16.0 Å². The number of carbonyl (C=O) groups is 2. The highest BCUT2D eigenvalue weighted by molar-refractivity contribution is 6.34. The summed E-state index contributed by atoms with van der Waals surface area (Å²) in [5.41, 5.74) is 2.30. The van der Waals surface area contributed by atoms with E-state index < -0.39 is 5.41 Å². The predicted molar refractivity (Wildman–Crippen MR) is 109 cm³/mol. The van der Waals surface area contributed by atoms with Crippen molar-refractivity contribution >= 4 is 29.1 Å². The highest BCUT2D eigenvalue weighted by Gasteiger charge is 2.38. The number of benzene rings is 1. The Morgan fingerprint density at radius 1 is 1.19 bits per heavy atom. The van der Waals surface area contributed by atoms with E-state index in [0.717, 1.165) is 16.7 Å². The van der Waals surface area contributed by atoms with Crippen molar-refractivity contribution in [2.45, 2.75) is 34.1 Å². The Morgan fingerprint density at radius 3 is 2.41 bits per heavy atom. The fourth-order valence-electron chi connectivity index (χ4n) is 2.87. The van der Waals surface area contributed by atoms with E-state index in [9.17, 15) is 9.59 Å². The number of rotatable bonds is 6. The number of halogens is 1. The minimum Gasteiger partial charge on any atom is -0.345 e. The van der Waals surface area contributed by atoms with Crippen molar-refractivity contribution in [3.63, 3.8) is 0 Å². The van der Waals surface area contributed by atoms with Gasteiger partial charge in [-0.05, 0) is 69.0 Å². The second-order valence-electron chi connectivity index (χ2n) is 7.35. The Bertz CT molecular complexity index is 812. The van der Waals surface area contributed by atoms with Gasteiger partial charge in [0.25, 0.3) is 0 Å². The third kappa shape index (κ3) is 5.07. The zero-order valence-electron chi connectivity index (χ0n) is 16.5. The quantitative estimate of drug-likeness (QED) is 0.761. The topological polar surface area (TPSA) is 62.3 Å². The van der Waals surface area contributed by atoms with E-state index in [-0.39, 0.29) is 11.8 Å². The number of nitrogens with one attached hydrogen (secondary N) is 1. The van der Waals surface area contributed by atoms with Crippen LogP contribution in [0.2, 0.25) is 5.02 Å². The monoisotopic (exact) mass is 387 g/mol. The van der Waals surface area contributed by atoms with Crippen LogP contribution >= 0.6 is 11.6 Å². The average Bonchev–Trinajstić information content (AvgIpc) is 2.62. The second-order valence-corrected chi connectivity index (χ2v) is 7.76. The molecule has 0 bridgehead atoms. The summed E-state index contributed by atoms with van der Waals surface area (Å²) in [6.45, 7) is 7.60. The maximum absolute atomic E-state index is 12.9. The van der Waals surface area contributed by atoms with Crippen LogP contribution in [-0.4, -0.2) is 35.3 Å². The maximum Gasteiger partial charge on any atom is 0.239 e. The number of pyridine rings is 1. The number of anilines is 1. The van der Waals surface area contributed by atoms with Gasteiger partial charge in [0.1, 0.15) is 5.41 Å². The molecule has 0 aliphatic carbocycles. The van der Waals surface area contributed by atoms with Gasteiger partial charge in [-0.25, -0.2) is 0 Å². The predicted octanol–water partition coefficient (Wildman–Crippen LogP) is 4.02. The number of nitrogens with zero attached hydrogens (tertiary/aromatic N) is 2. The Labute approximate surface area is 165 Å². The molecule has 0 spiro atoms. The normalized spacial score (nSPS) is 11.2. The molecular weight excluding hydrogens is 362 g/mol. The van der Waals surface area contributed by atoms with Gasteiger partial charge >= 0.3 is 0 Å². The molecule has 1 N–H and O–H groups in total. The third-order valence-corrected chi connectivity index (χ3v) is 4.90. The summed E-state index contributed by atoms with van der Waals surface area (Å²) in [5, 5.41) is 3.30. The molecule has 6 heteroatoms. The van der Waals surface area contributed by atoms with Gasteiger partial charge in [-0.15, -0.1) is 0 Å². The van der Waals surface area contributed by atoms with E-state index in [1.807, 2.05) is 32.0 Å². The molecular formula is C21H26ClN3O2. The molecule has 27 heavy (non-hydrogen) atoms. The van der Waals surface area contributed by atoms with Crippen LogP contribution in [0.15, 0.2) is 36.7 Å². The highest BCUT2D eigenvalue weighted by Crippen LogP contribution is 2.30. The van der Waals surface area contributed by atoms with Crippen LogP contribution in [0.4, 0.5) is 5.69 Å². The van der Waals surface area contributed by atoms with E-state index in [4.69, 9.17) is 11.6 Å². The standard InChI is InChI=1S/C21H26ClN3O2/c1-14-12-15(2)18(17(22)13-14)24-19(26)21(3,4)20(27)25(5)11-8-16-6-9-23-10-7-16/h6-7,9-10,12-13H,8,11H2,1-5H3,(H,24,26). The summed E-state index contributed by atoms with van der Waals surface area (Å²) >= 11 is 6.27. The molecule has 144 valence electrons. The van der Waals surface area contributed by atoms with E-state index in [1.54, 1.807) is 44.3 Å². The molecule has 2 amide bonds. The van der Waals surface area contributed by atoms with Gasteiger partial charge in [-0.2, -0.15) is 0 Å². The van der Waals surface area contributed by atoms with Crippen molar-refractivity contribution in [3.8, 4) is 0 Å². The summed E-state index contributed by atoms with van der Waals surface area (Å²) in [4.78, 5) is 31.3. The molecule has 0 saturated carbocycles. The summed E-state index contributed by atoms with van der Waals surface area (Å²) in [6, 6.07) is 7.56. The smallest absolute Gasteiger partial charge is 0.239 e. The first kappa shape index (κ1) is 20.9. The molecule has 0 saturated heterocycles. The van der Waals surface area contributed by atoms with Gasteiger partial charge in [0.15, 0.2) is 0 Å². The van der Waals surface area contributed by atoms with E-state index >= 15 is 0 Å². The van der Waals surface area contributed by atoms with Gasteiger partial charge in [-0.3, -0.25) is 14.6 Å². The number of aromatic nitrogens is 1. The average molecular weight is 388 g/mol. The molecule has 0 aliphatic rings. The molecule has 2 rings (SSSR count).